The number of carbonyl (C=O) groups is 1. The minimum Gasteiger partial charge on any atom is -0.369 e. The Kier molecular flexibility index (Phi) is 3.96. The first-order chi connectivity index (χ1) is 13.6. The third-order valence-electron chi connectivity index (χ3n) is 5.82. The number of likely N-dealkylation sites (N-methyl/N-ethyl adjacent to an activating group) is 1. The number of amides is 2. The van der Waals surface area contributed by atoms with Gasteiger partial charge in [0, 0.05) is 56.2 Å². The molecule has 0 aliphatic carbocycles. The summed E-state index contributed by atoms with van der Waals surface area (Å²) in [5.74, 6) is 0. The second-order valence-corrected chi connectivity index (χ2v) is 7.72. The van der Waals surface area contributed by atoms with Crippen LogP contribution in [0.3, 0.4) is 0 Å². The average Bonchev–Trinajstić information content (AvgIpc) is 3.42. The number of rotatable bonds is 3. The van der Waals surface area contributed by atoms with Crippen LogP contribution in [0.4, 0.5) is 16.2 Å². The van der Waals surface area contributed by atoms with E-state index < -0.39 is 0 Å². The molecule has 28 heavy (non-hydrogen) atoms. The van der Waals surface area contributed by atoms with Gasteiger partial charge in [-0.25, -0.2) is 4.79 Å². The van der Waals surface area contributed by atoms with Gasteiger partial charge in [-0.05, 0) is 25.5 Å². The van der Waals surface area contributed by atoms with E-state index in [2.05, 4.69) is 39.2 Å². The molecule has 1 unspecified atom stereocenters. The van der Waals surface area contributed by atoms with Gasteiger partial charge in [-0.15, -0.1) is 0 Å². The third-order valence-corrected chi connectivity index (χ3v) is 5.82. The highest BCUT2D eigenvalue weighted by atomic mass is 16.2. The van der Waals surface area contributed by atoms with Gasteiger partial charge in [0.25, 0.3) is 0 Å². The zero-order chi connectivity index (χ0) is 19.3. The van der Waals surface area contributed by atoms with Crippen molar-refractivity contribution in [1.82, 2.24) is 19.7 Å². The van der Waals surface area contributed by atoms with Crippen molar-refractivity contribution >= 4 is 28.3 Å². The van der Waals surface area contributed by atoms with Crippen molar-refractivity contribution in [2.45, 2.75) is 19.4 Å². The minimum absolute atomic E-state index is 0.0475. The Morgan fingerprint density at radius 1 is 1.14 bits per heavy atom. The average molecular weight is 376 g/mol. The molecule has 2 fully saturated rings. The first kappa shape index (κ1) is 17.0. The third kappa shape index (κ3) is 2.78. The molecule has 1 aromatic carbocycles. The quantitative estimate of drug-likeness (QED) is 0.705. The van der Waals surface area contributed by atoms with E-state index in [1.54, 1.807) is 9.80 Å². The fourth-order valence-electron chi connectivity index (χ4n) is 4.28. The molecule has 3 aromatic rings. The standard InChI is InChI=1S/C21H24N6O/c1-15-11-20(18-5-3-4-6-19(18)23-15)25-8-7-16(13-25)27-14-17(12-22-27)26-10-9-24(2)21(26)28/h3-6,11-12,14,16H,7-10,13H2,1-2H3. The van der Waals surface area contributed by atoms with Crippen LogP contribution in [0.25, 0.3) is 10.9 Å². The lowest BCUT2D eigenvalue weighted by atomic mass is 10.1. The van der Waals surface area contributed by atoms with Crippen molar-refractivity contribution in [2.75, 3.05) is 43.0 Å². The number of aromatic nitrogens is 3. The highest BCUT2D eigenvalue weighted by Crippen LogP contribution is 2.33. The van der Waals surface area contributed by atoms with E-state index in [0.29, 0.717) is 6.04 Å². The Labute approximate surface area is 164 Å². The van der Waals surface area contributed by atoms with Crippen LogP contribution in [0.2, 0.25) is 0 Å². The Balaban J connectivity index is 1.38. The van der Waals surface area contributed by atoms with Gasteiger partial charge in [-0.3, -0.25) is 14.6 Å². The molecule has 1 atom stereocenters. The minimum atomic E-state index is 0.0475. The lowest BCUT2D eigenvalue weighted by molar-refractivity contribution is 0.229. The van der Waals surface area contributed by atoms with Crippen LogP contribution in [-0.4, -0.2) is 58.9 Å². The van der Waals surface area contributed by atoms with Gasteiger partial charge in [0.2, 0.25) is 0 Å². The molecule has 0 N–H and O–H groups in total. The van der Waals surface area contributed by atoms with E-state index in [1.807, 2.05) is 37.1 Å². The summed E-state index contributed by atoms with van der Waals surface area (Å²) >= 11 is 0. The zero-order valence-corrected chi connectivity index (χ0v) is 16.2. The van der Waals surface area contributed by atoms with Crippen molar-refractivity contribution in [3.63, 3.8) is 0 Å². The maximum Gasteiger partial charge on any atom is 0.324 e. The Morgan fingerprint density at radius 2 is 2.00 bits per heavy atom. The monoisotopic (exact) mass is 376 g/mol. The highest BCUT2D eigenvalue weighted by Gasteiger charge is 2.30. The van der Waals surface area contributed by atoms with E-state index in [0.717, 1.165) is 49.5 Å². The molecular weight excluding hydrogens is 352 g/mol. The molecule has 2 aliphatic heterocycles. The summed E-state index contributed by atoms with van der Waals surface area (Å²) in [4.78, 5) is 22.9. The summed E-state index contributed by atoms with van der Waals surface area (Å²) in [6.07, 6.45) is 4.86. The molecule has 2 saturated heterocycles. The normalized spacial score (nSPS) is 20.0. The number of benzene rings is 1. The van der Waals surface area contributed by atoms with Gasteiger partial charge in [-0.1, -0.05) is 18.2 Å². The van der Waals surface area contributed by atoms with Crippen LogP contribution < -0.4 is 9.80 Å². The summed E-state index contributed by atoms with van der Waals surface area (Å²) in [7, 11) is 1.84. The number of hydrogen-bond donors (Lipinski definition) is 0. The summed E-state index contributed by atoms with van der Waals surface area (Å²) in [5.41, 5.74) is 4.21. The summed E-state index contributed by atoms with van der Waals surface area (Å²) in [5, 5.41) is 5.77. The van der Waals surface area contributed by atoms with Gasteiger partial charge < -0.3 is 9.80 Å². The lowest BCUT2D eigenvalue weighted by Crippen LogP contribution is -2.28. The molecule has 0 saturated carbocycles. The van der Waals surface area contributed by atoms with E-state index in [1.165, 1.54) is 11.1 Å². The van der Waals surface area contributed by atoms with Gasteiger partial charge in [-0.2, -0.15) is 5.10 Å². The molecule has 144 valence electrons. The van der Waals surface area contributed by atoms with Crippen LogP contribution in [0.5, 0.6) is 0 Å². The van der Waals surface area contributed by atoms with E-state index in [-0.39, 0.29) is 6.03 Å². The van der Waals surface area contributed by atoms with Gasteiger partial charge >= 0.3 is 6.03 Å². The van der Waals surface area contributed by atoms with Crippen LogP contribution in [0.15, 0.2) is 42.7 Å². The SMILES string of the molecule is Cc1cc(N2CCC(n3cc(N4CCN(C)C4=O)cn3)C2)c2ccccc2n1. The molecule has 0 bridgehead atoms. The van der Waals surface area contributed by atoms with Crippen molar-refractivity contribution in [3.05, 3.63) is 48.4 Å². The van der Waals surface area contributed by atoms with Crippen LogP contribution in [0, 0.1) is 6.92 Å². The van der Waals surface area contributed by atoms with Crippen molar-refractivity contribution in [3.8, 4) is 0 Å². The zero-order valence-electron chi connectivity index (χ0n) is 16.2. The predicted molar refractivity (Wildman–Crippen MR) is 110 cm³/mol. The van der Waals surface area contributed by atoms with Crippen molar-refractivity contribution in [2.24, 2.45) is 0 Å². The first-order valence-corrected chi connectivity index (χ1v) is 9.78. The maximum absolute atomic E-state index is 12.2. The Hall–Kier alpha value is -3.09. The second-order valence-electron chi connectivity index (χ2n) is 7.72. The Bertz CT molecular complexity index is 1040. The Morgan fingerprint density at radius 3 is 2.82 bits per heavy atom. The molecule has 2 aromatic heterocycles. The number of aryl methyl sites for hydroxylation is 1. The van der Waals surface area contributed by atoms with E-state index in [4.69, 9.17) is 0 Å². The number of carbonyl (C=O) groups excluding carboxylic acids is 1. The summed E-state index contributed by atoms with van der Waals surface area (Å²) in [6, 6.07) is 10.9. The topological polar surface area (TPSA) is 57.5 Å². The van der Waals surface area contributed by atoms with Crippen LogP contribution in [-0.2, 0) is 0 Å². The fraction of sp³-hybridized carbons (Fsp3) is 0.381. The van der Waals surface area contributed by atoms with E-state index in [9.17, 15) is 4.79 Å². The number of fused-ring (bicyclic) bond motifs is 1. The van der Waals surface area contributed by atoms with Crippen LogP contribution >= 0.6 is 0 Å². The lowest BCUT2D eigenvalue weighted by Gasteiger charge is -2.21. The maximum atomic E-state index is 12.2. The number of anilines is 2. The van der Waals surface area contributed by atoms with Gasteiger partial charge in [0.1, 0.15) is 0 Å². The fourth-order valence-corrected chi connectivity index (χ4v) is 4.28. The molecule has 7 heteroatoms. The highest BCUT2D eigenvalue weighted by molar-refractivity contribution is 5.93. The number of para-hydroxylation sites is 1. The smallest absolute Gasteiger partial charge is 0.324 e. The summed E-state index contributed by atoms with van der Waals surface area (Å²) < 4.78 is 2.02. The molecule has 2 amide bonds. The second kappa shape index (κ2) is 6.51. The molecule has 7 nitrogen and oxygen atoms in total. The van der Waals surface area contributed by atoms with Gasteiger partial charge in [0.15, 0.2) is 0 Å². The molecule has 4 heterocycles. The van der Waals surface area contributed by atoms with E-state index >= 15 is 0 Å². The van der Waals surface area contributed by atoms with Crippen molar-refractivity contribution < 1.29 is 4.79 Å². The number of nitrogens with zero attached hydrogens (tertiary/aromatic N) is 6. The molecule has 0 spiro atoms. The van der Waals surface area contributed by atoms with Crippen LogP contribution in [0.1, 0.15) is 18.2 Å². The number of urea groups is 1. The molecule has 5 rings (SSSR count). The molecule has 2 aliphatic rings. The van der Waals surface area contributed by atoms with Gasteiger partial charge in [0.05, 0.1) is 23.4 Å². The predicted octanol–water partition coefficient (Wildman–Crippen LogP) is 3.06. The molecule has 0 radical (unpaired) electrons. The molecular formula is C21H24N6O. The summed E-state index contributed by atoms with van der Waals surface area (Å²) in [6.45, 7) is 5.42. The van der Waals surface area contributed by atoms with Crippen molar-refractivity contribution in [1.29, 1.82) is 0 Å². The number of hydrogen-bond acceptors (Lipinski definition) is 4. The largest absolute Gasteiger partial charge is 0.369 e. The first-order valence-electron chi connectivity index (χ1n) is 9.78. The number of pyridine rings is 1.